The first-order valence-electron chi connectivity index (χ1n) is 4.52. The van der Waals surface area contributed by atoms with Crippen molar-refractivity contribution >= 4 is 16.9 Å². The normalized spacial score (nSPS) is 10.5. The SMILES string of the molecule is COc1cc2[nH]cc(C(=O)O)c2cc1C. The van der Waals surface area contributed by atoms with Gasteiger partial charge in [0.25, 0.3) is 0 Å². The van der Waals surface area contributed by atoms with Gasteiger partial charge in [0.15, 0.2) is 0 Å². The molecule has 0 aliphatic rings. The summed E-state index contributed by atoms with van der Waals surface area (Å²) >= 11 is 0. The van der Waals surface area contributed by atoms with Gasteiger partial charge in [-0.3, -0.25) is 0 Å². The summed E-state index contributed by atoms with van der Waals surface area (Å²) in [6.07, 6.45) is 1.49. The van der Waals surface area contributed by atoms with E-state index in [0.29, 0.717) is 5.39 Å². The molecule has 1 aromatic carbocycles. The van der Waals surface area contributed by atoms with Crippen molar-refractivity contribution in [3.05, 3.63) is 29.5 Å². The van der Waals surface area contributed by atoms with Gasteiger partial charge >= 0.3 is 5.97 Å². The molecule has 0 spiro atoms. The van der Waals surface area contributed by atoms with Gasteiger partial charge < -0.3 is 14.8 Å². The quantitative estimate of drug-likeness (QED) is 0.789. The Morgan fingerprint density at radius 1 is 1.47 bits per heavy atom. The number of aromatic nitrogens is 1. The Hall–Kier alpha value is -1.97. The fourth-order valence-electron chi connectivity index (χ4n) is 1.65. The lowest BCUT2D eigenvalue weighted by molar-refractivity contribution is 0.0699. The molecular weight excluding hydrogens is 194 g/mol. The number of carbonyl (C=O) groups is 1. The summed E-state index contributed by atoms with van der Waals surface area (Å²) in [5.74, 6) is -0.174. The molecule has 0 fully saturated rings. The minimum absolute atomic E-state index is 0.288. The van der Waals surface area contributed by atoms with Gasteiger partial charge in [-0.05, 0) is 18.6 Å². The molecule has 4 heteroatoms. The van der Waals surface area contributed by atoms with Gasteiger partial charge in [-0.2, -0.15) is 0 Å². The summed E-state index contributed by atoms with van der Waals surface area (Å²) in [5, 5.41) is 9.65. The van der Waals surface area contributed by atoms with Crippen LogP contribution in [0.5, 0.6) is 5.75 Å². The third-order valence-corrected chi connectivity index (χ3v) is 2.43. The van der Waals surface area contributed by atoms with Gasteiger partial charge in [0.2, 0.25) is 0 Å². The summed E-state index contributed by atoms with van der Waals surface area (Å²) in [4.78, 5) is 13.8. The molecular formula is C11H11NO3. The first-order valence-corrected chi connectivity index (χ1v) is 4.52. The first kappa shape index (κ1) is 9.58. The maximum absolute atomic E-state index is 10.9. The van der Waals surface area contributed by atoms with Crippen LogP contribution in [0.4, 0.5) is 0 Å². The topological polar surface area (TPSA) is 62.3 Å². The molecule has 0 saturated heterocycles. The lowest BCUT2D eigenvalue weighted by Gasteiger charge is -2.04. The van der Waals surface area contributed by atoms with Crippen LogP contribution in [-0.2, 0) is 0 Å². The van der Waals surface area contributed by atoms with Crippen LogP contribution in [0.1, 0.15) is 15.9 Å². The Morgan fingerprint density at radius 2 is 2.20 bits per heavy atom. The van der Waals surface area contributed by atoms with Crippen LogP contribution < -0.4 is 4.74 Å². The zero-order chi connectivity index (χ0) is 11.0. The molecule has 1 aromatic heterocycles. The van der Waals surface area contributed by atoms with E-state index in [9.17, 15) is 4.79 Å². The van der Waals surface area contributed by atoms with E-state index >= 15 is 0 Å². The molecule has 0 saturated carbocycles. The van der Waals surface area contributed by atoms with Gasteiger partial charge in [0.1, 0.15) is 5.75 Å². The smallest absolute Gasteiger partial charge is 0.337 e. The van der Waals surface area contributed by atoms with Crippen molar-refractivity contribution < 1.29 is 14.6 Å². The molecule has 0 bridgehead atoms. The molecule has 0 aliphatic heterocycles. The second-order valence-electron chi connectivity index (χ2n) is 3.37. The van der Waals surface area contributed by atoms with Crippen molar-refractivity contribution in [2.24, 2.45) is 0 Å². The number of rotatable bonds is 2. The molecule has 0 amide bonds. The monoisotopic (exact) mass is 205 g/mol. The standard InChI is InChI=1S/C11H11NO3/c1-6-3-7-8(11(13)14)5-12-9(7)4-10(6)15-2/h3-5,12H,1-2H3,(H,13,14). The van der Waals surface area contributed by atoms with Crippen molar-refractivity contribution in [1.82, 2.24) is 4.98 Å². The van der Waals surface area contributed by atoms with Gasteiger partial charge in [-0.1, -0.05) is 0 Å². The number of carboxylic acids is 1. The maximum Gasteiger partial charge on any atom is 0.337 e. The maximum atomic E-state index is 10.9. The van der Waals surface area contributed by atoms with Gasteiger partial charge in [-0.25, -0.2) is 4.79 Å². The van der Waals surface area contributed by atoms with Crippen molar-refractivity contribution in [3.8, 4) is 5.75 Å². The Bertz CT molecular complexity index is 528. The number of nitrogens with one attached hydrogen (secondary N) is 1. The predicted molar refractivity (Wildman–Crippen MR) is 56.5 cm³/mol. The van der Waals surface area contributed by atoms with Gasteiger partial charge in [-0.15, -0.1) is 0 Å². The minimum atomic E-state index is -0.925. The fraction of sp³-hybridized carbons (Fsp3) is 0.182. The Morgan fingerprint density at radius 3 is 2.80 bits per heavy atom. The molecule has 15 heavy (non-hydrogen) atoms. The van der Waals surface area contributed by atoms with Crippen LogP contribution in [0.15, 0.2) is 18.3 Å². The number of H-pyrrole nitrogens is 1. The average molecular weight is 205 g/mol. The Balaban J connectivity index is 2.73. The van der Waals surface area contributed by atoms with E-state index in [-0.39, 0.29) is 5.56 Å². The van der Waals surface area contributed by atoms with E-state index in [1.807, 2.05) is 13.0 Å². The number of fused-ring (bicyclic) bond motifs is 1. The van der Waals surface area contributed by atoms with Crippen molar-refractivity contribution in [1.29, 1.82) is 0 Å². The van der Waals surface area contributed by atoms with Crippen LogP contribution in [0.2, 0.25) is 0 Å². The number of hydrogen-bond acceptors (Lipinski definition) is 2. The van der Waals surface area contributed by atoms with Crippen molar-refractivity contribution in [2.75, 3.05) is 7.11 Å². The van der Waals surface area contributed by atoms with Crippen LogP contribution >= 0.6 is 0 Å². The lowest BCUT2D eigenvalue weighted by Crippen LogP contribution is -1.94. The van der Waals surface area contributed by atoms with Crippen molar-refractivity contribution in [2.45, 2.75) is 6.92 Å². The minimum Gasteiger partial charge on any atom is -0.496 e. The van der Waals surface area contributed by atoms with E-state index in [0.717, 1.165) is 16.8 Å². The largest absolute Gasteiger partial charge is 0.496 e. The Kier molecular flexibility index (Phi) is 2.11. The molecule has 2 N–H and O–H groups in total. The van der Waals surface area contributed by atoms with Crippen LogP contribution in [0.3, 0.4) is 0 Å². The number of aromatic amines is 1. The molecule has 78 valence electrons. The molecule has 0 unspecified atom stereocenters. The highest BCUT2D eigenvalue weighted by molar-refractivity contribution is 6.03. The van der Waals surface area contributed by atoms with E-state index in [4.69, 9.17) is 9.84 Å². The predicted octanol–water partition coefficient (Wildman–Crippen LogP) is 2.18. The third kappa shape index (κ3) is 1.44. The molecule has 0 atom stereocenters. The number of aryl methyl sites for hydroxylation is 1. The number of aromatic carboxylic acids is 1. The summed E-state index contributed by atoms with van der Waals surface area (Å²) in [6, 6.07) is 3.62. The van der Waals surface area contributed by atoms with E-state index in [1.54, 1.807) is 13.2 Å². The molecule has 1 heterocycles. The average Bonchev–Trinajstić information content (AvgIpc) is 2.59. The number of methoxy groups -OCH3 is 1. The van der Waals surface area contributed by atoms with Crippen molar-refractivity contribution in [3.63, 3.8) is 0 Å². The van der Waals surface area contributed by atoms with Gasteiger partial charge in [0.05, 0.1) is 12.7 Å². The highest BCUT2D eigenvalue weighted by Crippen LogP contribution is 2.26. The zero-order valence-electron chi connectivity index (χ0n) is 8.50. The molecule has 2 rings (SSSR count). The number of ether oxygens (including phenoxy) is 1. The van der Waals surface area contributed by atoms with Crippen LogP contribution in [-0.4, -0.2) is 23.2 Å². The number of benzene rings is 1. The third-order valence-electron chi connectivity index (χ3n) is 2.43. The summed E-state index contributed by atoms with van der Waals surface area (Å²) < 4.78 is 5.16. The van der Waals surface area contributed by atoms with Gasteiger partial charge in [0, 0.05) is 23.2 Å². The van der Waals surface area contributed by atoms with E-state index < -0.39 is 5.97 Å². The molecule has 4 nitrogen and oxygen atoms in total. The second-order valence-corrected chi connectivity index (χ2v) is 3.37. The number of hydrogen-bond donors (Lipinski definition) is 2. The molecule has 0 aliphatic carbocycles. The highest BCUT2D eigenvalue weighted by atomic mass is 16.5. The summed E-state index contributed by atoms with van der Waals surface area (Å²) in [6.45, 7) is 1.89. The Labute approximate surface area is 86.5 Å². The van der Waals surface area contributed by atoms with Crippen LogP contribution in [0.25, 0.3) is 10.9 Å². The summed E-state index contributed by atoms with van der Waals surface area (Å²) in [7, 11) is 1.59. The highest BCUT2D eigenvalue weighted by Gasteiger charge is 2.12. The molecule has 0 radical (unpaired) electrons. The fourth-order valence-corrected chi connectivity index (χ4v) is 1.65. The zero-order valence-corrected chi connectivity index (χ0v) is 8.50. The first-order chi connectivity index (χ1) is 7.13. The molecule has 2 aromatic rings. The lowest BCUT2D eigenvalue weighted by atomic mass is 10.1. The van der Waals surface area contributed by atoms with E-state index in [2.05, 4.69) is 4.98 Å². The van der Waals surface area contributed by atoms with Crippen LogP contribution in [0, 0.1) is 6.92 Å². The summed E-state index contributed by atoms with van der Waals surface area (Å²) in [5.41, 5.74) is 1.98. The number of carboxylic acid groups (broad SMARTS) is 1. The van der Waals surface area contributed by atoms with E-state index in [1.165, 1.54) is 6.20 Å². The second kappa shape index (κ2) is 3.31.